The quantitative estimate of drug-likeness (QED) is 0.708. The molecule has 0 aliphatic heterocycles. The molecule has 5 nitrogen and oxygen atoms in total. The lowest BCUT2D eigenvalue weighted by molar-refractivity contribution is -0.125. The van der Waals surface area contributed by atoms with E-state index >= 15 is 0 Å². The number of carbonyl (C=O) groups excluding carboxylic acids is 2. The van der Waals surface area contributed by atoms with E-state index in [9.17, 15) is 9.59 Å². The maximum absolute atomic E-state index is 12.4. The van der Waals surface area contributed by atoms with Gasteiger partial charge in [-0.1, -0.05) is 23.3 Å². The number of methoxy groups -OCH3 is 1. The number of ether oxygens (including phenoxy) is 1. The first-order chi connectivity index (χ1) is 12.6. The van der Waals surface area contributed by atoms with E-state index in [0.29, 0.717) is 29.4 Å². The predicted molar refractivity (Wildman–Crippen MR) is 102 cm³/mol. The highest BCUT2D eigenvalue weighted by Crippen LogP contribution is 2.40. The van der Waals surface area contributed by atoms with Gasteiger partial charge in [0.2, 0.25) is 11.8 Å². The van der Waals surface area contributed by atoms with Gasteiger partial charge in [0.25, 0.3) is 0 Å². The smallest absolute Gasteiger partial charge is 0.228 e. The average Bonchev–Trinajstić information content (AvgIpc) is 3.44. The first-order valence-electron chi connectivity index (χ1n) is 9.18. The van der Waals surface area contributed by atoms with Crippen LogP contribution < -0.4 is 15.4 Å². The molecule has 1 fully saturated rings. The van der Waals surface area contributed by atoms with Crippen LogP contribution >= 0.6 is 11.6 Å². The number of anilines is 1. The van der Waals surface area contributed by atoms with Gasteiger partial charge in [-0.3, -0.25) is 9.59 Å². The molecule has 1 aromatic rings. The fourth-order valence-electron chi connectivity index (χ4n) is 3.39. The molecule has 0 saturated heterocycles. The summed E-state index contributed by atoms with van der Waals surface area (Å²) in [6, 6.07) is 5.05. The Morgan fingerprint density at radius 2 is 2.04 bits per heavy atom. The van der Waals surface area contributed by atoms with Gasteiger partial charge in [0.05, 0.1) is 24.6 Å². The first-order valence-corrected chi connectivity index (χ1v) is 9.56. The maximum Gasteiger partial charge on any atom is 0.228 e. The molecule has 2 aliphatic rings. The minimum atomic E-state index is -0.285. The lowest BCUT2D eigenvalue weighted by atomic mass is 9.97. The summed E-state index contributed by atoms with van der Waals surface area (Å²) >= 11 is 5.98. The molecule has 0 heterocycles. The first kappa shape index (κ1) is 18.8. The van der Waals surface area contributed by atoms with Crippen LogP contribution in [-0.4, -0.2) is 25.5 Å². The number of rotatable bonds is 7. The maximum atomic E-state index is 12.4. The lowest BCUT2D eigenvalue weighted by Crippen LogP contribution is -2.28. The van der Waals surface area contributed by atoms with Crippen molar-refractivity contribution in [2.45, 2.75) is 38.5 Å². The van der Waals surface area contributed by atoms with Gasteiger partial charge in [0.15, 0.2) is 0 Å². The fraction of sp³-hybridized carbons (Fsp3) is 0.500. The summed E-state index contributed by atoms with van der Waals surface area (Å²) in [6.45, 7) is 0.650. The molecule has 1 aromatic carbocycles. The molecule has 6 heteroatoms. The van der Waals surface area contributed by atoms with Crippen LogP contribution in [0.25, 0.3) is 0 Å². The van der Waals surface area contributed by atoms with Crippen molar-refractivity contribution in [2.75, 3.05) is 19.0 Å². The van der Waals surface area contributed by atoms with Crippen molar-refractivity contribution in [3.8, 4) is 5.75 Å². The van der Waals surface area contributed by atoms with E-state index in [1.807, 2.05) is 0 Å². The molecule has 3 rings (SSSR count). The van der Waals surface area contributed by atoms with Gasteiger partial charge < -0.3 is 15.4 Å². The minimum Gasteiger partial charge on any atom is -0.495 e. The molecular weight excluding hydrogens is 352 g/mol. The fourth-order valence-corrected chi connectivity index (χ4v) is 3.56. The molecule has 2 amide bonds. The number of nitrogens with one attached hydrogen (secondary N) is 2. The largest absolute Gasteiger partial charge is 0.495 e. The molecule has 0 bridgehead atoms. The van der Waals surface area contributed by atoms with Crippen molar-refractivity contribution < 1.29 is 14.3 Å². The Morgan fingerprint density at radius 1 is 1.23 bits per heavy atom. The van der Waals surface area contributed by atoms with Crippen molar-refractivity contribution in [2.24, 2.45) is 11.8 Å². The summed E-state index contributed by atoms with van der Waals surface area (Å²) in [5.74, 6) is -0.168. The van der Waals surface area contributed by atoms with Gasteiger partial charge in [-0.25, -0.2) is 0 Å². The average molecular weight is 377 g/mol. The molecule has 2 atom stereocenters. The summed E-state index contributed by atoms with van der Waals surface area (Å²) in [5.41, 5.74) is 1.97. The SMILES string of the molecule is COc1ccc(Cl)cc1NC(=O)C1CC1C(=O)NCCC1=CCCCC1. The van der Waals surface area contributed by atoms with Crippen molar-refractivity contribution >= 4 is 29.1 Å². The Balaban J connectivity index is 1.45. The zero-order chi connectivity index (χ0) is 18.5. The third-order valence-electron chi connectivity index (χ3n) is 5.01. The van der Waals surface area contributed by atoms with Crippen molar-refractivity contribution in [1.29, 1.82) is 0 Å². The number of carbonyl (C=O) groups is 2. The van der Waals surface area contributed by atoms with Gasteiger partial charge in [-0.2, -0.15) is 0 Å². The monoisotopic (exact) mass is 376 g/mol. The van der Waals surface area contributed by atoms with Crippen LogP contribution in [0.2, 0.25) is 5.02 Å². The van der Waals surface area contributed by atoms with Crippen molar-refractivity contribution in [3.63, 3.8) is 0 Å². The van der Waals surface area contributed by atoms with Crippen molar-refractivity contribution in [1.82, 2.24) is 5.32 Å². The Labute approximate surface area is 159 Å². The van der Waals surface area contributed by atoms with Gasteiger partial charge in [-0.05, 0) is 56.7 Å². The summed E-state index contributed by atoms with van der Waals surface area (Å²) in [7, 11) is 1.54. The van der Waals surface area contributed by atoms with Crippen LogP contribution in [0.3, 0.4) is 0 Å². The number of hydrogen-bond donors (Lipinski definition) is 2. The topological polar surface area (TPSA) is 67.4 Å². The lowest BCUT2D eigenvalue weighted by Gasteiger charge is -2.13. The number of amides is 2. The van der Waals surface area contributed by atoms with E-state index in [0.717, 1.165) is 19.3 Å². The highest BCUT2D eigenvalue weighted by atomic mass is 35.5. The van der Waals surface area contributed by atoms with Crippen LogP contribution in [0.1, 0.15) is 38.5 Å². The highest BCUT2D eigenvalue weighted by molar-refractivity contribution is 6.31. The van der Waals surface area contributed by atoms with E-state index in [2.05, 4.69) is 16.7 Å². The third-order valence-corrected chi connectivity index (χ3v) is 5.25. The molecule has 1 saturated carbocycles. The van der Waals surface area contributed by atoms with E-state index in [-0.39, 0.29) is 23.7 Å². The molecule has 26 heavy (non-hydrogen) atoms. The van der Waals surface area contributed by atoms with Crippen LogP contribution in [0.15, 0.2) is 29.8 Å². The highest BCUT2D eigenvalue weighted by Gasteiger charge is 2.48. The van der Waals surface area contributed by atoms with Crippen LogP contribution in [-0.2, 0) is 9.59 Å². The summed E-state index contributed by atoms with van der Waals surface area (Å²) < 4.78 is 5.23. The molecule has 0 spiro atoms. The van der Waals surface area contributed by atoms with Crippen LogP contribution in [0, 0.1) is 11.8 Å². The predicted octanol–water partition coefficient (Wildman–Crippen LogP) is 3.93. The summed E-state index contributed by atoms with van der Waals surface area (Å²) in [6.07, 6.45) is 8.61. The van der Waals surface area contributed by atoms with Gasteiger partial charge >= 0.3 is 0 Å². The Kier molecular flexibility index (Phi) is 6.20. The number of hydrogen-bond acceptors (Lipinski definition) is 3. The zero-order valence-corrected chi connectivity index (χ0v) is 15.8. The second kappa shape index (κ2) is 8.58. The second-order valence-electron chi connectivity index (χ2n) is 6.93. The molecule has 2 unspecified atom stereocenters. The van der Waals surface area contributed by atoms with E-state index in [4.69, 9.17) is 16.3 Å². The molecular formula is C20H25ClN2O3. The summed E-state index contributed by atoms with van der Waals surface area (Å²) in [4.78, 5) is 24.6. The van der Waals surface area contributed by atoms with Gasteiger partial charge in [0.1, 0.15) is 5.75 Å². The molecule has 2 N–H and O–H groups in total. The van der Waals surface area contributed by atoms with Gasteiger partial charge in [0, 0.05) is 11.6 Å². The molecule has 140 valence electrons. The number of halogens is 1. The van der Waals surface area contributed by atoms with Gasteiger partial charge in [-0.15, -0.1) is 0 Å². The van der Waals surface area contributed by atoms with E-state index in [1.165, 1.54) is 25.5 Å². The minimum absolute atomic E-state index is 0.0281. The second-order valence-corrected chi connectivity index (χ2v) is 7.37. The summed E-state index contributed by atoms with van der Waals surface area (Å²) in [5, 5.41) is 6.30. The Hall–Kier alpha value is -2.01. The van der Waals surface area contributed by atoms with E-state index < -0.39 is 0 Å². The number of benzene rings is 1. The zero-order valence-electron chi connectivity index (χ0n) is 15.0. The molecule has 2 aliphatic carbocycles. The normalized spacial score (nSPS) is 21.5. The number of allylic oxidation sites excluding steroid dienone is 1. The Bertz CT molecular complexity index is 717. The molecule has 0 radical (unpaired) electrons. The van der Waals surface area contributed by atoms with Crippen LogP contribution in [0.5, 0.6) is 5.75 Å². The van der Waals surface area contributed by atoms with Crippen molar-refractivity contribution in [3.05, 3.63) is 34.9 Å². The third kappa shape index (κ3) is 4.79. The standard InChI is InChI=1S/C20H25ClN2O3/c1-26-18-8-7-14(21)11-17(18)23-20(25)16-12-15(16)19(24)22-10-9-13-5-3-2-4-6-13/h5,7-8,11,15-16H,2-4,6,9-10,12H2,1H3,(H,22,24)(H,23,25). The molecule has 0 aromatic heterocycles. The Morgan fingerprint density at radius 3 is 2.77 bits per heavy atom. The van der Waals surface area contributed by atoms with E-state index in [1.54, 1.807) is 18.2 Å². The van der Waals surface area contributed by atoms with Crippen LogP contribution in [0.4, 0.5) is 5.69 Å².